The van der Waals surface area contributed by atoms with Crippen molar-refractivity contribution in [1.29, 1.82) is 0 Å². The predicted octanol–water partition coefficient (Wildman–Crippen LogP) is 3.56. The maximum absolute atomic E-state index is 12.5. The van der Waals surface area contributed by atoms with Crippen LogP contribution < -0.4 is 5.56 Å². The molecule has 2 aromatic rings. The van der Waals surface area contributed by atoms with E-state index in [2.05, 4.69) is 5.10 Å². The number of halogens is 2. The normalized spacial score (nSPS) is 10.7. The zero-order valence-electron chi connectivity index (χ0n) is 12.4. The zero-order chi connectivity index (χ0) is 16.3. The van der Waals surface area contributed by atoms with Crippen molar-refractivity contribution in [3.8, 4) is 0 Å². The summed E-state index contributed by atoms with van der Waals surface area (Å²) in [6.45, 7) is 3.86. The van der Waals surface area contributed by atoms with Crippen LogP contribution in [-0.4, -0.2) is 15.6 Å². The van der Waals surface area contributed by atoms with Gasteiger partial charge in [0.2, 0.25) is 0 Å². The van der Waals surface area contributed by atoms with Gasteiger partial charge in [-0.05, 0) is 30.0 Å². The van der Waals surface area contributed by atoms with Gasteiger partial charge in [0.15, 0.2) is 5.78 Å². The molecule has 6 heteroatoms. The number of benzene rings is 1. The minimum absolute atomic E-state index is 0.0811. The highest BCUT2D eigenvalue weighted by Crippen LogP contribution is 2.17. The van der Waals surface area contributed by atoms with Crippen LogP contribution in [0.4, 0.5) is 0 Å². The summed E-state index contributed by atoms with van der Waals surface area (Å²) in [5, 5.41) is 3.83. The molecule has 0 spiro atoms. The van der Waals surface area contributed by atoms with Crippen molar-refractivity contribution in [2.24, 2.45) is 0 Å². The Morgan fingerprint density at radius 2 is 1.95 bits per heavy atom. The molecule has 0 aliphatic carbocycles. The Balaban J connectivity index is 2.37. The summed E-state index contributed by atoms with van der Waals surface area (Å²) in [5.74, 6) is -0.167. The van der Waals surface area contributed by atoms with Crippen LogP contribution >= 0.6 is 23.2 Å². The summed E-state index contributed by atoms with van der Waals surface area (Å²) >= 11 is 11.5. The van der Waals surface area contributed by atoms with Gasteiger partial charge < -0.3 is 0 Å². The first kappa shape index (κ1) is 16.7. The molecule has 0 unspecified atom stereocenters. The molecule has 0 amide bonds. The molecular formula is C16H16Cl2N2O2. The molecule has 0 radical (unpaired) electrons. The van der Waals surface area contributed by atoms with Crippen LogP contribution in [0.15, 0.2) is 29.2 Å². The zero-order valence-corrected chi connectivity index (χ0v) is 13.9. The van der Waals surface area contributed by atoms with E-state index in [0.717, 1.165) is 28.7 Å². The first-order valence-electron chi connectivity index (χ1n) is 7.04. The second kappa shape index (κ2) is 7.07. The van der Waals surface area contributed by atoms with Crippen molar-refractivity contribution in [2.75, 3.05) is 0 Å². The first-order chi connectivity index (χ1) is 10.5. The smallest absolute Gasteiger partial charge is 0.287 e. The summed E-state index contributed by atoms with van der Waals surface area (Å²) < 4.78 is 1.04. The summed E-state index contributed by atoms with van der Waals surface area (Å²) in [7, 11) is 0. The average Bonchev–Trinajstić information content (AvgIpc) is 2.54. The fourth-order valence-corrected chi connectivity index (χ4v) is 2.46. The van der Waals surface area contributed by atoms with Gasteiger partial charge in [0, 0.05) is 5.56 Å². The van der Waals surface area contributed by atoms with Gasteiger partial charge in [-0.15, -0.1) is 0 Å². The first-order valence-corrected chi connectivity index (χ1v) is 7.79. The van der Waals surface area contributed by atoms with Crippen molar-refractivity contribution >= 4 is 29.0 Å². The number of carbonyl (C=O) groups excluding carboxylic acids is 1. The minimum atomic E-state index is -0.563. The lowest BCUT2D eigenvalue weighted by molar-refractivity contribution is 0.0964. The number of aromatic nitrogens is 2. The SMILES string of the molecule is CCc1ccc(CC)c(C(=O)Cn2ncc(Cl)c(Cl)c2=O)c1. The van der Waals surface area contributed by atoms with E-state index in [1.54, 1.807) is 0 Å². The molecule has 1 aromatic carbocycles. The monoisotopic (exact) mass is 338 g/mol. The minimum Gasteiger partial charge on any atom is -0.292 e. The number of ketones is 1. The third-order valence-corrected chi connectivity index (χ3v) is 4.25. The molecule has 4 nitrogen and oxygen atoms in total. The molecule has 0 atom stereocenters. The molecule has 0 bridgehead atoms. The van der Waals surface area contributed by atoms with Gasteiger partial charge in [-0.3, -0.25) is 9.59 Å². The molecule has 0 fully saturated rings. The van der Waals surface area contributed by atoms with Crippen molar-refractivity contribution in [1.82, 2.24) is 9.78 Å². The lowest BCUT2D eigenvalue weighted by atomic mass is 9.98. The van der Waals surface area contributed by atoms with Crippen LogP contribution in [0, 0.1) is 0 Å². The van der Waals surface area contributed by atoms with E-state index in [-0.39, 0.29) is 22.4 Å². The Morgan fingerprint density at radius 1 is 1.23 bits per heavy atom. The molecule has 0 saturated carbocycles. The highest BCUT2D eigenvalue weighted by atomic mass is 35.5. The number of hydrogen-bond acceptors (Lipinski definition) is 3. The number of carbonyl (C=O) groups is 1. The van der Waals surface area contributed by atoms with Gasteiger partial charge in [-0.1, -0.05) is 49.2 Å². The second-order valence-corrected chi connectivity index (χ2v) is 5.68. The summed E-state index contributed by atoms with van der Waals surface area (Å²) in [6, 6.07) is 5.85. The third-order valence-electron chi connectivity index (χ3n) is 3.50. The van der Waals surface area contributed by atoms with Crippen molar-refractivity contribution in [2.45, 2.75) is 33.2 Å². The van der Waals surface area contributed by atoms with Gasteiger partial charge in [-0.2, -0.15) is 5.10 Å². The van der Waals surface area contributed by atoms with Crippen LogP contribution in [0.1, 0.15) is 35.3 Å². The van der Waals surface area contributed by atoms with Gasteiger partial charge in [-0.25, -0.2) is 4.68 Å². The number of rotatable bonds is 5. The van der Waals surface area contributed by atoms with E-state index in [1.807, 2.05) is 32.0 Å². The van der Waals surface area contributed by atoms with Crippen LogP contribution in [-0.2, 0) is 19.4 Å². The Labute approximate surface area is 138 Å². The lowest BCUT2D eigenvalue weighted by Gasteiger charge is -2.10. The van der Waals surface area contributed by atoms with Crippen LogP contribution in [0.25, 0.3) is 0 Å². The van der Waals surface area contributed by atoms with Gasteiger partial charge in [0.05, 0.1) is 11.2 Å². The Kier molecular flexibility index (Phi) is 5.37. The van der Waals surface area contributed by atoms with Crippen molar-refractivity contribution in [3.63, 3.8) is 0 Å². The Morgan fingerprint density at radius 3 is 2.59 bits per heavy atom. The van der Waals surface area contributed by atoms with E-state index < -0.39 is 5.56 Å². The summed E-state index contributed by atoms with van der Waals surface area (Å²) in [6.07, 6.45) is 2.85. The number of hydrogen-bond donors (Lipinski definition) is 0. The highest BCUT2D eigenvalue weighted by Gasteiger charge is 2.15. The van der Waals surface area contributed by atoms with Crippen LogP contribution in [0.5, 0.6) is 0 Å². The largest absolute Gasteiger partial charge is 0.292 e. The van der Waals surface area contributed by atoms with Gasteiger partial charge in [0.1, 0.15) is 11.6 Å². The second-order valence-electron chi connectivity index (χ2n) is 4.89. The molecule has 116 valence electrons. The number of aryl methyl sites for hydroxylation is 2. The fourth-order valence-electron chi connectivity index (χ4n) is 2.19. The van der Waals surface area contributed by atoms with Crippen molar-refractivity contribution in [3.05, 3.63) is 61.5 Å². The Bertz CT molecular complexity index is 769. The third kappa shape index (κ3) is 3.39. The number of Topliss-reactive ketones (excluding diaryl/α,β-unsaturated/α-hetero) is 1. The predicted molar refractivity (Wildman–Crippen MR) is 88.0 cm³/mol. The average molecular weight is 339 g/mol. The molecule has 1 heterocycles. The molecule has 2 rings (SSSR count). The molecule has 0 N–H and O–H groups in total. The summed E-state index contributed by atoms with van der Waals surface area (Å²) in [5.41, 5.74) is 2.10. The molecule has 22 heavy (non-hydrogen) atoms. The van der Waals surface area contributed by atoms with Crippen molar-refractivity contribution < 1.29 is 4.79 Å². The maximum atomic E-state index is 12.5. The van der Waals surface area contributed by atoms with Gasteiger partial charge >= 0.3 is 0 Å². The van der Waals surface area contributed by atoms with E-state index in [1.165, 1.54) is 6.20 Å². The molecule has 1 aromatic heterocycles. The maximum Gasteiger partial charge on any atom is 0.287 e. The van der Waals surface area contributed by atoms with E-state index >= 15 is 0 Å². The quantitative estimate of drug-likeness (QED) is 0.783. The number of nitrogens with zero attached hydrogens (tertiary/aromatic N) is 2. The molecule has 0 aliphatic heterocycles. The fraction of sp³-hybridized carbons (Fsp3) is 0.312. The summed E-state index contributed by atoms with van der Waals surface area (Å²) in [4.78, 5) is 24.5. The van der Waals surface area contributed by atoms with E-state index in [4.69, 9.17) is 23.2 Å². The molecule has 0 aliphatic rings. The molecule has 0 saturated heterocycles. The highest BCUT2D eigenvalue weighted by molar-refractivity contribution is 6.41. The molecular weight excluding hydrogens is 323 g/mol. The topological polar surface area (TPSA) is 52.0 Å². The van der Waals surface area contributed by atoms with Crippen LogP contribution in [0.2, 0.25) is 10.0 Å². The van der Waals surface area contributed by atoms with E-state index in [9.17, 15) is 9.59 Å². The lowest BCUT2D eigenvalue weighted by Crippen LogP contribution is -2.27. The van der Waals surface area contributed by atoms with Crippen LogP contribution in [0.3, 0.4) is 0 Å². The standard InChI is InChI=1S/C16H16Cl2N2O2/c1-3-10-5-6-11(4-2)12(7-10)14(21)9-20-16(22)15(18)13(17)8-19-20/h5-8H,3-4,9H2,1-2H3. The Hall–Kier alpha value is -1.65. The van der Waals surface area contributed by atoms with E-state index in [0.29, 0.717) is 5.56 Å². The van der Waals surface area contributed by atoms with Gasteiger partial charge in [0.25, 0.3) is 5.56 Å².